The first-order chi connectivity index (χ1) is 11.7. The molecule has 0 spiro atoms. The SMILES string of the molecule is NC1=C([N+](=O)[O-])C2NC(c3cc([N+](=O)[O-])c(Cl)cc3Cl)=CC(=O)N2N1. The minimum absolute atomic E-state index is 0.0289. The van der Waals surface area contributed by atoms with Gasteiger partial charge in [-0.3, -0.25) is 30.4 Å². The molecule has 11 nitrogen and oxygen atoms in total. The van der Waals surface area contributed by atoms with Crippen molar-refractivity contribution in [3.63, 3.8) is 0 Å². The molecule has 0 saturated heterocycles. The first kappa shape index (κ1) is 16.8. The third kappa shape index (κ3) is 2.68. The predicted molar refractivity (Wildman–Crippen MR) is 86.2 cm³/mol. The normalized spacial score (nSPS) is 19.1. The van der Waals surface area contributed by atoms with Crippen LogP contribution in [0.15, 0.2) is 29.7 Å². The Morgan fingerprint density at radius 1 is 1.16 bits per heavy atom. The van der Waals surface area contributed by atoms with E-state index in [2.05, 4.69) is 10.7 Å². The van der Waals surface area contributed by atoms with E-state index in [1.807, 2.05) is 0 Å². The van der Waals surface area contributed by atoms with Gasteiger partial charge in [0.15, 0.2) is 5.82 Å². The molecule has 1 amide bonds. The topological polar surface area (TPSA) is 157 Å². The highest BCUT2D eigenvalue weighted by atomic mass is 35.5. The van der Waals surface area contributed by atoms with Gasteiger partial charge in [0, 0.05) is 17.7 Å². The highest BCUT2D eigenvalue weighted by Gasteiger charge is 2.45. The maximum absolute atomic E-state index is 12.2. The molecule has 0 aromatic heterocycles. The van der Waals surface area contributed by atoms with Crippen LogP contribution in [-0.4, -0.2) is 26.9 Å². The number of amides is 1. The fourth-order valence-electron chi connectivity index (χ4n) is 2.46. The number of fused-ring (bicyclic) bond motifs is 1. The predicted octanol–water partition coefficient (Wildman–Crippen LogP) is 0.923. The van der Waals surface area contributed by atoms with Crippen LogP contribution in [0.3, 0.4) is 0 Å². The van der Waals surface area contributed by atoms with Crippen LogP contribution in [0.2, 0.25) is 10.0 Å². The number of nitrogens with zero attached hydrogens (tertiary/aromatic N) is 3. The quantitative estimate of drug-likeness (QED) is 0.511. The molecule has 0 saturated carbocycles. The number of halogens is 2. The van der Waals surface area contributed by atoms with E-state index >= 15 is 0 Å². The summed E-state index contributed by atoms with van der Waals surface area (Å²) in [6.07, 6.45) is -0.119. The zero-order valence-electron chi connectivity index (χ0n) is 12.0. The van der Waals surface area contributed by atoms with Gasteiger partial charge in [0.2, 0.25) is 6.17 Å². The lowest BCUT2D eigenvalue weighted by molar-refractivity contribution is -0.432. The van der Waals surface area contributed by atoms with Crippen LogP contribution in [0, 0.1) is 20.2 Å². The van der Waals surface area contributed by atoms with Gasteiger partial charge in [-0.25, -0.2) is 5.01 Å². The van der Waals surface area contributed by atoms with E-state index in [-0.39, 0.29) is 27.1 Å². The average molecular weight is 387 g/mol. The van der Waals surface area contributed by atoms with Gasteiger partial charge >= 0.3 is 5.70 Å². The maximum Gasteiger partial charge on any atom is 0.331 e. The molecule has 0 radical (unpaired) electrons. The summed E-state index contributed by atoms with van der Waals surface area (Å²) < 4.78 is 0. The Bertz CT molecular complexity index is 898. The third-order valence-corrected chi connectivity index (χ3v) is 4.17. The summed E-state index contributed by atoms with van der Waals surface area (Å²) in [5.41, 5.74) is 7.20. The van der Waals surface area contributed by atoms with Crippen molar-refractivity contribution >= 4 is 40.5 Å². The zero-order chi connectivity index (χ0) is 18.5. The first-order valence-corrected chi connectivity index (χ1v) is 7.32. The Labute approximate surface area is 148 Å². The molecule has 130 valence electrons. The molecule has 2 aliphatic rings. The minimum atomic E-state index is -1.20. The molecule has 2 aliphatic heterocycles. The van der Waals surface area contributed by atoms with Crippen LogP contribution in [0.4, 0.5) is 5.69 Å². The number of carbonyl (C=O) groups excluding carboxylic acids is 1. The molecule has 1 aromatic rings. The van der Waals surface area contributed by atoms with Crippen molar-refractivity contribution in [3.05, 3.63) is 65.6 Å². The summed E-state index contributed by atoms with van der Waals surface area (Å²) in [6, 6.07) is 2.23. The van der Waals surface area contributed by atoms with Crippen LogP contribution in [0.5, 0.6) is 0 Å². The summed E-state index contributed by atoms with van der Waals surface area (Å²) >= 11 is 11.8. The van der Waals surface area contributed by atoms with E-state index in [0.29, 0.717) is 0 Å². The van der Waals surface area contributed by atoms with E-state index in [1.165, 1.54) is 0 Å². The van der Waals surface area contributed by atoms with Crippen LogP contribution in [-0.2, 0) is 4.79 Å². The second kappa shape index (κ2) is 5.79. The Hall–Kier alpha value is -3.05. The number of hydrogen-bond acceptors (Lipinski definition) is 8. The van der Waals surface area contributed by atoms with E-state index in [0.717, 1.165) is 23.2 Å². The summed E-state index contributed by atoms with van der Waals surface area (Å²) in [5, 5.41) is 25.7. The molecule has 0 bridgehead atoms. The van der Waals surface area contributed by atoms with Crippen molar-refractivity contribution in [3.8, 4) is 0 Å². The molecular formula is C12H8Cl2N6O5. The van der Waals surface area contributed by atoms with Crippen molar-refractivity contribution in [2.75, 3.05) is 0 Å². The van der Waals surface area contributed by atoms with Gasteiger partial charge in [0.25, 0.3) is 11.6 Å². The maximum atomic E-state index is 12.2. The molecule has 0 aliphatic carbocycles. The number of nitro benzene ring substituents is 1. The molecule has 4 N–H and O–H groups in total. The number of nitrogens with one attached hydrogen (secondary N) is 2. The third-order valence-electron chi connectivity index (χ3n) is 3.55. The molecule has 1 aromatic carbocycles. The lowest BCUT2D eigenvalue weighted by Gasteiger charge is -2.29. The highest BCUT2D eigenvalue weighted by Crippen LogP contribution is 2.35. The van der Waals surface area contributed by atoms with Crippen molar-refractivity contribution in [1.82, 2.24) is 15.8 Å². The monoisotopic (exact) mass is 386 g/mol. The Morgan fingerprint density at radius 2 is 1.84 bits per heavy atom. The number of hydrogen-bond donors (Lipinski definition) is 3. The fraction of sp³-hybridized carbons (Fsp3) is 0.0833. The van der Waals surface area contributed by atoms with E-state index < -0.39 is 33.3 Å². The van der Waals surface area contributed by atoms with Crippen LogP contribution < -0.4 is 16.5 Å². The fourth-order valence-corrected chi connectivity index (χ4v) is 3.01. The van der Waals surface area contributed by atoms with Gasteiger partial charge in [0.1, 0.15) is 5.02 Å². The van der Waals surface area contributed by atoms with Gasteiger partial charge in [-0.05, 0) is 6.07 Å². The van der Waals surface area contributed by atoms with Crippen LogP contribution in [0.1, 0.15) is 5.56 Å². The standard InChI is InChI=1S/C12H8Cl2N6O5/c13-5-2-6(14)8(19(22)23)1-4(5)7-3-9(21)18-12(16-7)10(20(24)25)11(15)17-18/h1-3,12,16-17H,15H2. The van der Waals surface area contributed by atoms with Crippen molar-refractivity contribution in [2.24, 2.45) is 5.73 Å². The summed E-state index contributed by atoms with van der Waals surface area (Å²) in [5.74, 6) is -0.939. The molecule has 13 heteroatoms. The largest absolute Gasteiger partial charge is 0.379 e. The number of nitro groups is 2. The van der Waals surface area contributed by atoms with Crippen molar-refractivity contribution in [1.29, 1.82) is 0 Å². The lowest BCUT2D eigenvalue weighted by atomic mass is 10.1. The summed E-state index contributed by atoms with van der Waals surface area (Å²) in [6.45, 7) is 0. The highest BCUT2D eigenvalue weighted by molar-refractivity contribution is 6.37. The van der Waals surface area contributed by atoms with Crippen LogP contribution >= 0.6 is 23.2 Å². The molecule has 1 unspecified atom stereocenters. The van der Waals surface area contributed by atoms with Gasteiger partial charge in [-0.2, -0.15) is 0 Å². The molecule has 3 rings (SSSR count). The lowest BCUT2D eigenvalue weighted by Crippen LogP contribution is -2.53. The van der Waals surface area contributed by atoms with Crippen LogP contribution in [0.25, 0.3) is 5.70 Å². The van der Waals surface area contributed by atoms with Gasteiger partial charge in [-0.1, -0.05) is 23.2 Å². The molecule has 0 fully saturated rings. The van der Waals surface area contributed by atoms with Gasteiger partial charge in [0.05, 0.1) is 20.6 Å². The van der Waals surface area contributed by atoms with Gasteiger partial charge in [-0.15, -0.1) is 0 Å². The average Bonchev–Trinajstić information content (AvgIpc) is 2.83. The van der Waals surface area contributed by atoms with E-state index in [1.54, 1.807) is 0 Å². The number of nitrogens with two attached hydrogens (primary N) is 1. The minimum Gasteiger partial charge on any atom is -0.379 e. The molecule has 2 heterocycles. The second-order valence-electron chi connectivity index (χ2n) is 5.02. The van der Waals surface area contributed by atoms with E-state index in [4.69, 9.17) is 28.9 Å². The number of rotatable bonds is 3. The summed E-state index contributed by atoms with van der Waals surface area (Å²) in [4.78, 5) is 33.0. The number of hydrazine groups is 1. The Kier molecular flexibility index (Phi) is 3.89. The number of carbonyl (C=O) groups is 1. The number of benzene rings is 1. The zero-order valence-corrected chi connectivity index (χ0v) is 13.5. The van der Waals surface area contributed by atoms with Gasteiger partial charge < -0.3 is 11.1 Å². The smallest absolute Gasteiger partial charge is 0.331 e. The molecular weight excluding hydrogens is 379 g/mol. The molecule has 25 heavy (non-hydrogen) atoms. The van der Waals surface area contributed by atoms with E-state index in [9.17, 15) is 25.0 Å². The molecule has 1 atom stereocenters. The summed E-state index contributed by atoms with van der Waals surface area (Å²) in [7, 11) is 0. The Balaban J connectivity index is 2.07. The van der Waals surface area contributed by atoms with Crippen molar-refractivity contribution < 1.29 is 14.6 Å². The second-order valence-corrected chi connectivity index (χ2v) is 5.84. The first-order valence-electron chi connectivity index (χ1n) is 6.56. The van der Waals surface area contributed by atoms with Crippen molar-refractivity contribution in [2.45, 2.75) is 6.17 Å². The Morgan fingerprint density at radius 3 is 2.44 bits per heavy atom.